The van der Waals surface area contributed by atoms with E-state index in [9.17, 15) is 13.2 Å². The fourth-order valence-electron chi connectivity index (χ4n) is 5.03. The second-order valence-corrected chi connectivity index (χ2v) is 11.7. The molecule has 1 aromatic heterocycles. The van der Waals surface area contributed by atoms with Gasteiger partial charge in [0.2, 0.25) is 10.0 Å². The van der Waals surface area contributed by atoms with E-state index in [1.54, 1.807) is 33.2 Å². The van der Waals surface area contributed by atoms with Gasteiger partial charge in [0, 0.05) is 57.4 Å². The Balaban J connectivity index is 1.33. The van der Waals surface area contributed by atoms with E-state index in [4.69, 9.17) is 9.15 Å². The largest absolute Gasteiger partial charge is 0.495 e. The van der Waals surface area contributed by atoms with Crippen molar-refractivity contribution in [3.8, 4) is 17.1 Å². The number of likely N-dealkylation sites (N-methyl/N-ethyl adjacent to an activating group) is 1. The third kappa shape index (κ3) is 5.30. The molecule has 1 fully saturated rings. The maximum atomic E-state index is 13.7. The summed E-state index contributed by atoms with van der Waals surface area (Å²) in [6, 6.07) is 22.0. The van der Waals surface area contributed by atoms with Gasteiger partial charge in [-0.1, -0.05) is 48.5 Å². The Morgan fingerprint density at radius 3 is 2.33 bits per heavy atom. The van der Waals surface area contributed by atoms with Crippen LogP contribution in [0, 0.1) is 6.92 Å². The van der Waals surface area contributed by atoms with Crippen molar-refractivity contribution in [2.75, 3.05) is 58.3 Å². The van der Waals surface area contributed by atoms with Crippen LogP contribution in [0.1, 0.15) is 5.56 Å². The monoisotopic (exact) mass is 547 g/mol. The third-order valence-corrected chi connectivity index (χ3v) is 9.24. The molecule has 5 rings (SSSR count). The first-order valence-corrected chi connectivity index (χ1v) is 14.4. The quantitative estimate of drug-likeness (QED) is 0.327. The molecule has 0 N–H and O–H groups in total. The van der Waals surface area contributed by atoms with Gasteiger partial charge >= 0.3 is 0 Å². The predicted octanol–water partition coefficient (Wildman–Crippen LogP) is 4.22. The number of anilines is 1. The Labute approximate surface area is 229 Å². The van der Waals surface area contributed by atoms with Gasteiger partial charge in [-0.15, -0.1) is 0 Å². The van der Waals surface area contributed by atoms with Crippen LogP contribution in [-0.2, 0) is 10.0 Å². The standard InChI is InChI=1S/C30H33N3O5S/c1-22-28(34)24-12-9-15-27(30(24)38-29(22)23-10-5-4-6-11-23)39(35,36)31(2)16-17-32-18-20-33(21-19-32)25-13-7-8-14-26(25)37-3/h4-15H,16-21H2,1-3H3. The Kier molecular flexibility index (Phi) is 7.74. The maximum absolute atomic E-state index is 13.7. The number of methoxy groups -OCH3 is 1. The van der Waals surface area contributed by atoms with E-state index >= 15 is 0 Å². The number of para-hydroxylation sites is 3. The summed E-state index contributed by atoms with van der Waals surface area (Å²) in [6.07, 6.45) is 0. The summed E-state index contributed by atoms with van der Waals surface area (Å²) in [6.45, 7) is 5.89. The molecule has 1 aliphatic rings. The Morgan fingerprint density at radius 1 is 0.923 bits per heavy atom. The fraction of sp³-hybridized carbons (Fsp3) is 0.300. The molecule has 0 aliphatic carbocycles. The summed E-state index contributed by atoms with van der Waals surface area (Å²) in [5, 5.41) is 0.258. The zero-order valence-electron chi connectivity index (χ0n) is 22.5. The van der Waals surface area contributed by atoms with Crippen molar-refractivity contribution < 1.29 is 17.6 Å². The second kappa shape index (κ2) is 11.2. The number of piperazine rings is 1. The van der Waals surface area contributed by atoms with Gasteiger partial charge in [0.05, 0.1) is 18.2 Å². The lowest BCUT2D eigenvalue weighted by atomic mass is 10.1. The maximum Gasteiger partial charge on any atom is 0.246 e. The second-order valence-electron chi connectivity index (χ2n) is 9.71. The molecule has 2 heterocycles. The van der Waals surface area contributed by atoms with E-state index in [2.05, 4.69) is 15.9 Å². The van der Waals surface area contributed by atoms with Crippen LogP contribution in [0.3, 0.4) is 0 Å². The van der Waals surface area contributed by atoms with Crippen LogP contribution in [0.15, 0.2) is 86.9 Å². The van der Waals surface area contributed by atoms with E-state index in [0.717, 1.165) is 43.2 Å². The minimum Gasteiger partial charge on any atom is -0.495 e. The van der Waals surface area contributed by atoms with Gasteiger partial charge in [0.15, 0.2) is 11.0 Å². The third-order valence-electron chi connectivity index (χ3n) is 7.36. The van der Waals surface area contributed by atoms with Crippen LogP contribution in [0.25, 0.3) is 22.3 Å². The topological polar surface area (TPSA) is 83.3 Å². The molecule has 9 heteroatoms. The van der Waals surface area contributed by atoms with Crippen molar-refractivity contribution in [1.29, 1.82) is 0 Å². The van der Waals surface area contributed by atoms with Gasteiger partial charge in [-0.2, -0.15) is 4.31 Å². The van der Waals surface area contributed by atoms with Crippen LogP contribution < -0.4 is 15.1 Å². The summed E-state index contributed by atoms with van der Waals surface area (Å²) >= 11 is 0. The van der Waals surface area contributed by atoms with Gasteiger partial charge in [0.1, 0.15) is 16.4 Å². The van der Waals surface area contributed by atoms with Crippen LogP contribution in [0.2, 0.25) is 0 Å². The van der Waals surface area contributed by atoms with E-state index < -0.39 is 10.0 Å². The summed E-state index contributed by atoms with van der Waals surface area (Å²) in [5.41, 5.74) is 2.10. The lowest BCUT2D eigenvalue weighted by molar-refractivity contribution is 0.243. The van der Waals surface area contributed by atoms with E-state index in [-0.39, 0.29) is 21.3 Å². The molecule has 0 amide bonds. The molecule has 0 atom stereocenters. The molecule has 4 aromatic rings. The molecular formula is C30H33N3O5S. The number of hydrogen-bond donors (Lipinski definition) is 0. The molecule has 204 valence electrons. The molecule has 0 unspecified atom stereocenters. The number of nitrogens with zero attached hydrogens (tertiary/aromatic N) is 3. The van der Waals surface area contributed by atoms with Gasteiger partial charge in [0.25, 0.3) is 0 Å². The Hall–Kier alpha value is -3.66. The Morgan fingerprint density at radius 2 is 1.62 bits per heavy atom. The molecular weight excluding hydrogens is 514 g/mol. The van der Waals surface area contributed by atoms with E-state index in [1.807, 2.05) is 48.5 Å². The summed E-state index contributed by atoms with van der Waals surface area (Å²) in [4.78, 5) is 17.7. The first-order chi connectivity index (χ1) is 18.8. The lowest BCUT2D eigenvalue weighted by Gasteiger charge is -2.37. The number of ether oxygens (including phenoxy) is 1. The van der Waals surface area contributed by atoms with Gasteiger partial charge in [-0.25, -0.2) is 8.42 Å². The van der Waals surface area contributed by atoms with Crippen molar-refractivity contribution >= 4 is 26.7 Å². The highest BCUT2D eigenvalue weighted by atomic mass is 32.2. The molecule has 39 heavy (non-hydrogen) atoms. The molecule has 8 nitrogen and oxygen atoms in total. The summed E-state index contributed by atoms with van der Waals surface area (Å²) in [5.74, 6) is 1.23. The number of benzene rings is 3. The molecule has 0 spiro atoms. The average Bonchev–Trinajstić information content (AvgIpc) is 2.98. The summed E-state index contributed by atoms with van der Waals surface area (Å²) < 4.78 is 40.4. The molecule has 1 saturated heterocycles. The highest BCUT2D eigenvalue weighted by molar-refractivity contribution is 7.89. The van der Waals surface area contributed by atoms with Crippen molar-refractivity contribution in [3.05, 3.63) is 88.6 Å². The Bertz CT molecular complexity index is 1630. The highest BCUT2D eigenvalue weighted by Gasteiger charge is 2.27. The van der Waals surface area contributed by atoms with Crippen molar-refractivity contribution in [2.24, 2.45) is 0 Å². The highest BCUT2D eigenvalue weighted by Crippen LogP contribution is 2.31. The normalized spacial score (nSPS) is 14.7. The molecule has 1 aliphatic heterocycles. The minimum atomic E-state index is -3.91. The van der Waals surface area contributed by atoms with Gasteiger partial charge in [-0.05, 0) is 31.2 Å². The summed E-state index contributed by atoms with van der Waals surface area (Å²) in [7, 11) is -0.661. The first kappa shape index (κ1) is 26.9. The van der Waals surface area contributed by atoms with Crippen molar-refractivity contribution in [3.63, 3.8) is 0 Å². The van der Waals surface area contributed by atoms with Crippen LogP contribution in [0.5, 0.6) is 5.75 Å². The fourth-order valence-corrected chi connectivity index (χ4v) is 6.32. The number of sulfonamides is 1. The van der Waals surface area contributed by atoms with Crippen molar-refractivity contribution in [2.45, 2.75) is 11.8 Å². The SMILES string of the molecule is COc1ccccc1N1CCN(CCN(C)S(=O)(=O)c2cccc3c(=O)c(C)c(-c4ccccc4)oc23)CC1. The number of hydrogen-bond acceptors (Lipinski definition) is 7. The number of rotatable bonds is 8. The number of fused-ring (bicyclic) bond motifs is 1. The molecule has 0 bridgehead atoms. The van der Waals surface area contributed by atoms with Gasteiger partial charge in [-0.3, -0.25) is 9.69 Å². The minimum absolute atomic E-state index is 0.00206. The molecule has 3 aromatic carbocycles. The van der Waals surface area contributed by atoms with Gasteiger partial charge < -0.3 is 14.1 Å². The van der Waals surface area contributed by atoms with E-state index in [1.165, 1.54) is 10.4 Å². The zero-order valence-corrected chi connectivity index (χ0v) is 23.3. The van der Waals surface area contributed by atoms with Crippen LogP contribution >= 0.6 is 0 Å². The average molecular weight is 548 g/mol. The molecule has 0 saturated carbocycles. The first-order valence-electron chi connectivity index (χ1n) is 13.0. The van der Waals surface area contributed by atoms with Crippen LogP contribution in [-0.4, -0.2) is 71.0 Å². The smallest absolute Gasteiger partial charge is 0.246 e. The lowest BCUT2D eigenvalue weighted by Crippen LogP contribution is -2.48. The van der Waals surface area contributed by atoms with Crippen molar-refractivity contribution in [1.82, 2.24) is 9.21 Å². The zero-order chi connectivity index (χ0) is 27.6. The predicted molar refractivity (Wildman–Crippen MR) is 154 cm³/mol. The van der Waals surface area contributed by atoms with Crippen LogP contribution in [0.4, 0.5) is 5.69 Å². The van der Waals surface area contributed by atoms with E-state index in [0.29, 0.717) is 24.4 Å². The molecule has 0 radical (unpaired) electrons.